The summed E-state index contributed by atoms with van der Waals surface area (Å²) in [6.07, 6.45) is 2.40. The van der Waals surface area contributed by atoms with Crippen LogP contribution >= 0.6 is 0 Å². The number of rotatable bonds is 9. The minimum atomic E-state index is -2.94. The number of amides is 1. The fourth-order valence-corrected chi connectivity index (χ4v) is 2.48. The molecule has 0 heterocycles. The third-order valence-electron chi connectivity index (χ3n) is 3.92. The SMILES string of the molecule is COC(=O)c1cc(NC(=O)COC(=O)C=Cc2ccc(OC(F)F)cc2)cc(C(=O)OC)c1. The van der Waals surface area contributed by atoms with Gasteiger partial charge in [0.25, 0.3) is 5.91 Å². The molecule has 0 saturated carbocycles. The second-order valence-electron chi connectivity index (χ2n) is 6.22. The molecule has 0 aliphatic carbocycles. The molecule has 9 nitrogen and oxygen atoms in total. The maximum atomic E-state index is 12.1. The van der Waals surface area contributed by atoms with Gasteiger partial charge in [0.15, 0.2) is 6.61 Å². The number of anilines is 1. The van der Waals surface area contributed by atoms with Gasteiger partial charge in [0.05, 0.1) is 25.3 Å². The molecule has 0 radical (unpaired) electrons. The Morgan fingerprint density at radius 1 is 0.939 bits per heavy atom. The molecule has 1 N–H and O–H groups in total. The van der Waals surface area contributed by atoms with Crippen molar-refractivity contribution < 1.29 is 46.9 Å². The van der Waals surface area contributed by atoms with E-state index in [9.17, 15) is 28.0 Å². The van der Waals surface area contributed by atoms with E-state index < -0.39 is 37.0 Å². The molecular weight excluding hydrogens is 444 g/mol. The third-order valence-corrected chi connectivity index (χ3v) is 3.92. The summed E-state index contributed by atoms with van der Waals surface area (Å²) < 4.78 is 42.5. The monoisotopic (exact) mass is 463 g/mol. The summed E-state index contributed by atoms with van der Waals surface area (Å²) in [4.78, 5) is 47.5. The van der Waals surface area contributed by atoms with Crippen molar-refractivity contribution in [1.29, 1.82) is 0 Å². The number of benzene rings is 2. The van der Waals surface area contributed by atoms with Crippen molar-refractivity contribution in [3.63, 3.8) is 0 Å². The van der Waals surface area contributed by atoms with Crippen LogP contribution in [0, 0.1) is 0 Å². The van der Waals surface area contributed by atoms with Gasteiger partial charge in [-0.3, -0.25) is 4.79 Å². The van der Waals surface area contributed by atoms with Gasteiger partial charge in [-0.1, -0.05) is 12.1 Å². The number of hydrogen-bond acceptors (Lipinski definition) is 8. The summed E-state index contributed by atoms with van der Waals surface area (Å²) in [5.41, 5.74) is 0.593. The second kappa shape index (κ2) is 11.9. The van der Waals surface area contributed by atoms with Crippen molar-refractivity contribution in [2.45, 2.75) is 6.61 Å². The lowest BCUT2D eigenvalue weighted by atomic mass is 10.1. The van der Waals surface area contributed by atoms with Gasteiger partial charge in [0, 0.05) is 11.8 Å². The molecule has 1 amide bonds. The van der Waals surface area contributed by atoms with Crippen LogP contribution in [0.5, 0.6) is 5.75 Å². The third kappa shape index (κ3) is 8.05. The molecule has 0 spiro atoms. The highest BCUT2D eigenvalue weighted by Gasteiger charge is 2.15. The van der Waals surface area contributed by atoms with Crippen LogP contribution in [0.3, 0.4) is 0 Å². The number of carbonyl (C=O) groups excluding carboxylic acids is 4. The predicted molar refractivity (Wildman–Crippen MR) is 111 cm³/mol. The van der Waals surface area contributed by atoms with E-state index in [0.29, 0.717) is 5.56 Å². The van der Waals surface area contributed by atoms with E-state index >= 15 is 0 Å². The molecule has 2 aromatic carbocycles. The van der Waals surface area contributed by atoms with E-state index in [-0.39, 0.29) is 22.6 Å². The molecule has 174 valence electrons. The molecule has 11 heteroatoms. The van der Waals surface area contributed by atoms with Gasteiger partial charge in [-0.2, -0.15) is 8.78 Å². The van der Waals surface area contributed by atoms with E-state index in [1.807, 2.05) is 0 Å². The summed E-state index contributed by atoms with van der Waals surface area (Å²) in [5, 5.41) is 2.40. The number of halogens is 2. The summed E-state index contributed by atoms with van der Waals surface area (Å²) in [7, 11) is 2.31. The van der Waals surface area contributed by atoms with Crippen molar-refractivity contribution in [2.24, 2.45) is 0 Å². The van der Waals surface area contributed by atoms with E-state index in [1.54, 1.807) is 0 Å². The number of esters is 3. The zero-order chi connectivity index (χ0) is 24.4. The van der Waals surface area contributed by atoms with Crippen LogP contribution in [0.15, 0.2) is 48.5 Å². The fourth-order valence-electron chi connectivity index (χ4n) is 2.48. The van der Waals surface area contributed by atoms with Gasteiger partial charge in [-0.15, -0.1) is 0 Å². The Kier molecular flexibility index (Phi) is 9.04. The lowest BCUT2D eigenvalue weighted by Crippen LogP contribution is -2.20. The first kappa shape index (κ1) is 25.0. The second-order valence-corrected chi connectivity index (χ2v) is 6.22. The van der Waals surface area contributed by atoms with E-state index in [1.165, 1.54) is 48.5 Å². The fraction of sp³-hybridized carbons (Fsp3) is 0.182. The maximum Gasteiger partial charge on any atom is 0.387 e. The van der Waals surface area contributed by atoms with Crippen LogP contribution in [0.25, 0.3) is 6.08 Å². The van der Waals surface area contributed by atoms with Gasteiger partial charge in [-0.05, 0) is 42.0 Å². The number of alkyl halides is 2. The number of methoxy groups -OCH3 is 2. The maximum absolute atomic E-state index is 12.1. The average Bonchev–Trinajstić information content (AvgIpc) is 2.80. The number of nitrogens with one attached hydrogen (secondary N) is 1. The van der Waals surface area contributed by atoms with Gasteiger partial charge in [-0.25, -0.2) is 14.4 Å². The highest BCUT2D eigenvalue weighted by atomic mass is 19.3. The van der Waals surface area contributed by atoms with Crippen LogP contribution < -0.4 is 10.1 Å². The van der Waals surface area contributed by atoms with Gasteiger partial charge in [0.1, 0.15) is 5.75 Å². The van der Waals surface area contributed by atoms with E-state index in [0.717, 1.165) is 20.3 Å². The molecule has 0 saturated heterocycles. The van der Waals surface area contributed by atoms with Crippen molar-refractivity contribution in [3.8, 4) is 5.75 Å². The Balaban J connectivity index is 1.95. The van der Waals surface area contributed by atoms with Gasteiger partial charge >= 0.3 is 24.5 Å². The first-order valence-electron chi connectivity index (χ1n) is 9.23. The molecule has 0 aliphatic rings. The molecule has 33 heavy (non-hydrogen) atoms. The lowest BCUT2D eigenvalue weighted by molar-refractivity contribution is -0.142. The Morgan fingerprint density at radius 3 is 2.03 bits per heavy atom. The minimum Gasteiger partial charge on any atom is -0.465 e. The Morgan fingerprint density at radius 2 is 1.52 bits per heavy atom. The first-order chi connectivity index (χ1) is 15.7. The Bertz CT molecular complexity index is 1020. The molecule has 2 aromatic rings. The molecule has 2 rings (SSSR count). The lowest BCUT2D eigenvalue weighted by Gasteiger charge is -2.09. The number of carbonyl (C=O) groups is 4. The molecule has 0 atom stereocenters. The van der Waals surface area contributed by atoms with E-state index in [2.05, 4.69) is 19.5 Å². The first-order valence-corrected chi connectivity index (χ1v) is 9.23. The topological polar surface area (TPSA) is 117 Å². The van der Waals surface area contributed by atoms with Crippen molar-refractivity contribution >= 4 is 35.6 Å². The van der Waals surface area contributed by atoms with Crippen molar-refractivity contribution in [2.75, 3.05) is 26.1 Å². The quantitative estimate of drug-likeness (QED) is 0.343. The van der Waals surface area contributed by atoms with Crippen molar-refractivity contribution in [1.82, 2.24) is 0 Å². The highest BCUT2D eigenvalue weighted by Crippen LogP contribution is 2.18. The molecule has 0 aliphatic heterocycles. The molecule has 0 fully saturated rings. The predicted octanol–water partition coefficient (Wildman–Crippen LogP) is 3.06. The molecular formula is C22H19F2NO8. The zero-order valence-corrected chi connectivity index (χ0v) is 17.5. The smallest absolute Gasteiger partial charge is 0.387 e. The average molecular weight is 463 g/mol. The normalized spacial score (nSPS) is 10.6. The van der Waals surface area contributed by atoms with Crippen molar-refractivity contribution in [3.05, 3.63) is 65.2 Å². The summed E-state index contributed by atoms with van der Waals surface area (Å²) in [6.45, 7) is -3.59. The molecule has 0 bridgehead atoms. The van der Waals surface area contributed by atoms with Crippen LogP contribution in [-0.2, 0) is 23.8 Å². The van der Waals surface area contributed by atoms with Crippen LogP contribution in [0.4, 0.5) is 14.5 Å². The van der Waals surface area contributed by atoms with Crippen LogP contribution in [-0.4, -0.2) is 51.3 Å². The Hall–Kier alpha value is -4.28. The van der Waals surface area contributed by atoms with Crippen LogP contribution in [0.1, 0.15) is 26.3 Å². The zero-order valence-electron chi connectivity index (χ0n) is 17.5. The van der Waals surface area contributed by atoms with Crippen LogP contribution in [0.2, 0.25) is 0 Å². The summed E-state index contributed by atoms with van der Waals surface area (Å²) in [6, 6.07) is 9.29. The van der Waals surface area contributed by atoms with Gasteiger partial charge in [0.2, 0.25) is 0 Å². The summed E-state index contributed by atoms with van der Waals surface area (Å²) >= 11 is 0. The standard InChI is InChI=1S/C22H19F2NO8/c1-30-20(28)14-9-15(21(29)31-2)11-16(10-14)25-18(26)12-32-19(27)8-5-13-3-6-17(7-4-13)33-22(23)24/h3-11,22H,12H2,1-2H3,(H,25,26). The Labute approximate surface area is 186 Å². The number of hydrogen-bond donors (Lipinski definition) is 1. The van der Waals surface area contributed by atoms with E-state index in [4.69, 9.17) is 4.74 Å². The minimum absolute atomic E-state index is 0.000552. The summed E-state index contributed by atoms with van der Waals surface area (Å²) in [5.74, 6) is -3.07. The largest absolute Gasteiger partial charge is 0.465 e. The molecule has 0 unspecified atom stereocenters. The highest BCUT2D eigenvalue weighted by molar-refractivity contribution is 6.00. The van der Waals surface area contributed by atoms with Gasteiger partial charge < -0.3 is 24.3 Å². The number of ether oxygens (including phenoxy) is 4. The molecule has 0 aromatic heterocycles.